The van der Waals surface area contributed by atoms with Crippen LogP contribution in [0.25, 0.3) is 22.2 Å². The van der Waals surface area contributed by atoms with Crippen LogP contribution < -0.4 is 15.8 Å². The van der Waals surface area contributed by atoms with Crippen molar-refractivity contribution in [2.45, 2.75) is 13.0 Å². The molecule has 0 spiro atoms. The number of nitrogen functional groups attached to an aromatic ring is 1. The zero-order valence-electron chi connectivity index (χ0n) is 17.5. The van der Waals surface area contributed by atoms with Crippen molar-refractivity contribution in [1.82, 2.24) is 19.5 Å². The summed E-state index contributed by atoms with van der Waals surface area (Å²) in [6, 6.07) is 9.51. The molecule has 0 fully saturated rings. The van der Waals surface area contributed by atoms with Gasteiger partial charge >= 0.3 is 0 Å². The summed E-state index contributed by atoms with van der Waals surface area (Å²) < 4.78 is 21.2. The molecule has 0 bridgehead atoms. The molecule has 0 aliphatic heterocycles. The number of rotatable bonds is 7. The Morgan fingerprint density at radius 1 is 1.22 bits per heavy atom. The second kappa shape index (κ2) is 8.80. The summed E-state index contributed by atoms with van der Waals surface area (Å²) >= 11 is 0. The van der Waals surface area contributed by atoms with Gasteiger partial charge in [-0.1, -0.05) is 12.1 Å². The first-order valence-electron chi connectivity index (χ1n) is 9.74. The van der Waals surface area contributed by atoms with Crippen LogP contribution in [-0.2, 0) is 0 Å². The molecule has 0 aliphatic rings. The number of halogens is 1. The van der Waals surface area contributed by atoms with E-state index in [9.17, 15) is 4.39 Å². The summed E-state index contributed by atoms with van der Waals surface area (Å²) in [6.07, 6.45) is 6.36. The van der Waals surface area contributed by atoms with Gasteiger partial charge in [-0.05, 0) is 31.2 Å². The molecule has 0 amide bonds. The van der Waals surface area contributed by atoms with Crippen molar-refractivity contribution in [3.63, 3.8) is 0 Å². The molecule has 9 nitrogen and oxygen atoms in total. The number of benzene rings is 1. The predicted molar refractivity (Wildman–Crippen MR) is 120 cm³/mol. The number of fused-ring (bicyclic) bond motifs is 1. The van der Waals surface area contributed by atoms with Gasteiger partial charge in [-0.25, -0.2) is 24.9 Å². The van der Waals surface area contributed by atoms with Gasteiger partial charge in [0.25, 0.3) is 0 Å². The molecule has 0 radical (unpaired) electrons. The third-order valence-electron chi connectivity index (χ3n) is 5.12. The summed E-state index contributed by atoms with van der Waals surface area (Å²) in [5.74, 6) is 0.336. The van der Waals surface area contributed by atoms with Crippen molar-refractivity contribution in [2.75, 3.05) is 18.2 Å². The fourth-order valence-corrected chi connectivity index (χ4v) is 3.49. The van der Waals surface area contributed by atoms with Crippen LogP contribution >= 0.6 is 0 Å². The maximum absolute atomic E-state index is 14.0. The van der Waals surface area contributed by atoms with E-state index >= 15 is 0 Å². The minimum atomic E-state index is -0.431. The van der Waals surface area contributed by atoms with Gasteiger partial charge < -0.3 is 20.4 Å². The maximum Gasteiger partial charge on any atom is 0.221 e. The fraction of sp³-hybridized carbons (Fsp3) is 0.136. The Labute approximate surface area is 183 Å². The number of nitrogens with two attached hydrogens (primary N) is 1. The van der Waals surface area contributed by atoms with E-state index in [0.717, 1.165) is 11.1 Å². The van der Waals surface area contributed by atoms with Gasteiger partial charge in [-0.15, -0.1) is 0 Å². The van der Waals surface area contributed by atoms with Gasteiger partial charge in [-0.3, -0.25) is 0 Å². The van der Waals surface area contributed by atoms with Crippen molar-refractivity contribution in [3.05, 3.63) is 72.8 Å². The number of anilines is 2. The number of para-hydroxylation sites is 1. The van der Waals surface area contributed by atoms with Crippen LogP contribution in [0.4, 0.5) is 15.9 Å². The van der Waals surface area contributed by atoms with Crippen molar-refractivity contribution in [3.8, 4) is 17.0 Å². The predicted octanol–water partition coefficient (Wildman–Crippen LogP) is 4.77. The van der Waals surface area contributed by atoms with Crippen molar-refractivity contribution < 1.29 is 9.13 Å². The summed E-state index contributed by atoms with van der Waals surface area (Å²) in [5.41, 5.74) is 16.5. The van der Waals surface area contributed by atoms with E-state index in [1.165, 1.54) is 18.6 Å². The average molecular weight is 432 g/mol. The van der Waals surface area contributed by atoms with E-state index < -0.39 is 11.9 Å². The summed E-state index contributed by atoms with van der Waals surface area (Å²) in [5, 5.41) is 7.16. The van der Waals surface area contributed by atoms with E-state index in [1.807, 2.05) is 23.8 Å². The normalized spacial score (nSPS) is 12.5. The molecule has 1 atom stereocenters. The summed E-state index contributed by atoms with van der Waals surface area (Å²) in [7, 11) is 1.54. The van der Waals surface area contributed by atoms with E-state index in [2.05, 4.69) is 25.4 Å². The zero-order valence-corrected chi connectivity index (χ0v) is 17.5. The Balaban J connectivity index is 1.82. The quantitative estimate of drug-likeness (QED) is 0.361. The Bertz CT molecular complexity index is 1320. The third-order valence-corrected chi connectivity index (χ3v) is 5.12. The van der Waals surface area contributed by atoms with Crippen LogP contribution in [0.5, 0.6) is 5.88 Å². The van der Waals surface area contributed by atoms with Crippen LogP contribution in [-0.4, -0.2) is 26.6 Å². The average Bonchev–Trinajstić information content (AvgIpc) is 3.21. The largest absolute Gasteiger partial charge is 0.481 e. The van der Waals surface area contributed by atoms with Gasteiger partial charge in [0, 0.05) is 29.7 Å². The highest BCUT2D eigenvalue weighted by atomic mass is 19.1. The number of hydrogen-bond acceptors (Lipinski definition) is 8. The Hall–Kier alpha value is -4.34. The van der Waals surface area contributed by atoms with Crippen LogP contribution in [0, 0.1) is 11.3 Å². The number of nitrogens with one attached hydrogen (secondary N) is 2. The molecule has 0 aliphatic carbocycles. The SMILES string of the molecule is COc1ncccc1-c1cn(C(C)/C(=C/Nc2ccccc2F)N=N)c2ncnc(N)c12. The smallest absolute Gasteiger partial charge is 0.221 e. The number of allylic oxidation sites excluding steroid dienone is 1. The highest BCUT2D eigenvalue weighted by Crippen LogP contribution is 2.38. The lowest BCUT2D eigenvalue weighted by Crippen LogP contribution is -2.08. The molecule has 10 heteroatoms. The molecule has 4 aromatic rings. The first kappa shape index (κ1) is 20.9. The zero-order chi connectivity index (χ0) is 22.7. The summed E-state index contributed by atoms with van der Waals surface area (Å²) in [4.78, 5) is 12.8. The molecule has 4 N–H and O–H groups in total. The molecule has 4 rings (SSSR count). The number of methoxy groups -OCH3 is 1. The first-order chi connectivity index (χ1) is 15.5. The van der Waals surface area contributed by atoms with E-state index in [4.69, 9.17) is 16.0 Å². The lowest BCUT2D eigenvalue weighted by Gasteiger charge is -2.15. The first-order valence-corrected chi connectivity index (χ1v) is 9.74. The van der Waals surface area contributed by atoms with Crippen LogP contribution in [0.15, 0.2) is 72.1 Å². The molecule has 32 heavy (non-hydrogen) atoms. The van der Waals surface area contributed by atoms with Gasteiger partial charge in [0.05, 0.1) is 24.2 Å². The van der Waals surface area contributed by atoms with E-state index in [-0.39, 0.29) is 5.69 Å². The fourth-order valence-electron chi connectivity index (χ4n) is 3.49. The van der Waals surface area contributed by atoms with Gasteiger partial charge in [-0.2, -0.15) is 5.11 Å². The number of nitrogens with zero attached hydrogens (tertiary/aromatic N) is 5. The third kappa shape index (κ3) is 3.73. The highest BCUT2D eigenvalue weighted by molar-refractivity contribution is 6.01. The second-order valence-corrected chi connectivity index (χ2v) is 6.95. The Morgan fingerprint density at radius 2 is 2.03 bits per heavy atom. The molecule has 1 aromatic carbocycles. The van der Waals surface area contributed by atoms with E-state index in [1.54, 1.807) is 37.6 Å². The Kier molecular flexibility index (Phi) is 5.75. The van der Waals surface area contributed by atoms with Crippen LogP contribution in [0.3, 0.4) is 0 Å². The maximum atomic E-state index is 14.0. The minimum Gasteiger partial charge on any atom is -0.481 e. The molecular weight excluding hydrogens is 411 g/mol. The monoisotopic (exact) mass is 432 g/mol. The standard InChI is InChI=1S/C22H21FN8O/c1-13(18(30-25)10-27-17-8-4-3-7-16(17)23)31-11-15(14-6-5-9-26-22(14)32-2)19-20(24)28-12-29-21(19)31/h3-13,25,27H,1-2H3,(H2,24,28,29)/b18-10-,30-25?. The second-order valence-electron chi connectivity index (χ2n) is 6.95. The number of hydrogen-bond donors (Lipinski definition) is 3. The molecule has 0 saturated carbocycles. The molecule has 3 heterocycles. The number of pyridine rings is 1. The Morgan fingerprint density at radius 3 is 2.78 bits per heavy atom. The van der Waals surface area contributed by atoms with Crippen molar-refractivity contribution >= 4 is 22.5 Å². The molecular formula is C22H21FN8O. The van der Waals surface area contributed by atoms with Crippen LogP contribution in [0.2, 0.25) is 0 Å². The molecule has 1 unspecified atom stereocenters. The topological polar surface area (TPSA) is 127 Å². The van der Waals surface area contributed by atoms with Crippen molar-refractivity contribution in [2.24, 2.45) is 5.11 Å². The van der Waals surface area contributed by atoms with Crippen LogP contribution in [0.1, 0.15) is 13.0 Å². The summed E-state index contributed by atoms with van der Waals surface area (Å²) in [6.45, 7) is 1.86. The van der Waals surface area contributed by atoms with E-state index in [0.29, 0.717) is 28.4 Å². The molecule has 0 saturated heterocycles. The molecule has 162 valence electrons. The van der Waals surface area contributed by atoms with Gasteiger partial charge in [0.1, 0.15) is 29.3 Å². The van der Waals surface area contributed by atoms with Gasteiger partial charge in [0.15, 0.2) is 0 Å². The lowest BCUT2D eigenvalue weighted by atomic mass is 10.1. The number of aromatic nitrogens is 4. The lowest BCUT2D eigenvalue weighted by molar-refractivity contribution is 0.399. The molecule has 3 aromatic heterocycles. The minimum absolute atomic E-state index is 0.283. The highest BCUT2D eigenvalue weighted by Gasteiger charge is 2.22. The van der Waals surface area contributed by atoms with Gasteiger partial charge in [0.2, 0.25) is 5.88 Å². The van der Waals surface area contributed by atoms with Crippen molar-refractivity contribution in [1.29, 1.82) is 5.53 Å². The number of ether oxygens (including phenoxy) is 1.